The van der Waals surface area contributed by atoms with Crippen molar-refractivity contribution in [3.05, 3.63) is 77.4 Å². The highest BCUT2D eigenvalue weighted by atomic mass is 16.5. The summed E-state index contributed by atoms with van der Waals surface area (Å²) in [4.78, 5) is 45.1. The minimum atomic E-state index is -0.336. The Morgan fingerprint density at radius 1 is 1.12 bits per heavy atom. The summed E-state index contributed by atoms with van der Waals surface area (Å²) in [5.74, 6) is 0.811. The molecule has 170 valence electrons. The monoisotopic (exact) mass is 446 g/mol. The number of methoxy groups -OCH3 is 1. The van der Waals surface area contributed by atoms with E-state index in [0.717, 1.165) is 24.2 Å². The molecule has 1 fully saturated rings. The van der Waals surface area contributed by atoms with E-state index < -0.39 is 0 Å². The molecule has 3 aromatic rings. The van der Waals surface area contributed by atoms with Crippen LogP contribution in [0.25, 0.3) is 0 Å². The second-order valence-corrected chi connectivity index (χ2v) is 7.85. The van der Waals surface area contributed by atoms with E-state index in [9.17, 15) is 9.59 Å². The third-order valence-electron chi connectivity index (χ3n) is 5.66. The van der Waals surface area contributed by atoms with Gasteiger partial charge in [0.05, 0.1) is 30.6 Å². The van der Waals surface area contributed by atoms with E-state index in [2.05, 4.69) is 25.3 Å². The van der Waals surface area contributed by atoms with Crippen LogP contribution in [-0.4, -0.2) is 50.3 Å². The zero-order valence-corrected chi connectivity index (χ0v) is 18.7. The summed E-state index contributed by atoms with van der Waals surface area (Å²) in [5.41, 5.74) is 2.15. The van der Waals surface area contributed by atoms with Crippen LogP contribution in [0.15, 0.2) is 49.1 Å². The number of aryl methyl sites for hydroxylation is 1. The van der Waals surface area contributed by atoms with Crippen molar-refractivity contribution in [2.45, 2.75) is 38.8 Å². The Morgan fingerprint density at radius 2 is 1.94 bits per heavy atom. The molecule has 1 aliphatic heterocycles. The Hall–Kier alpha value is -3.88. The number of aromatic nitrogens is 4. The van der Waals surface area contributed by atoms with Gasteiger partial charge < -0.3 is 15.0 Å². The summed E-state index contributed by atoms with van der Waals surface area (Å²) in [5, 5.41) is 2.94. The number of carbonyl (C=O) groups is 2. The number of piperidine rings is 1. The van der Waals surface area contributed by atoms with E-state index in [-0.39, 0.29) is 23.6 Å². The Kier molecular flexibility index (Phi) is 6.87. The molecule has 1 aromatic carbocycles. The highest BCUT2D eigenvalue weighted by Crippen LogP contribution is 2.32. The first-order chi connectivity index (χ1) is 16.1. The van der Waals surface area contributed by atoms with Crippen LogP contribution in [0.5, 0.6) is 5.75 Å². The maximum Gasteiger partial charge on any atom is 0.274 e. The minimum Gasteiger partial charge on any atom is -0.497 e. The molecule has 1 atom stereocenters. The maximum absolute atomic E-state index is 13.2. The van der Waals surface area contributed by atoms with Gasteiger partial charge in [-0.3, -0.25) is 14.6 Å². The third kappa shape index (κ3) is 5.14. The SMILES string of the molecule is COc1ccc(CNC(=O)c2cnc(C)nc2[C@@H]2CCCCN2C(=O)c2cnccn2)cc1. The molecule has 2 aromatic heterocycles. The Balaban J connectivity index is 1.58. The van der Waals surface area contributed by atoms with Crippen molar-refractivity contribution in [3.8, 4) is 5.75 Å². The number of carbonyl (C=O) groups excluding carboxylic acids is 2. The second-order valence-electron chi connectivity index (χ2n) is 7.85. The maximum atomic E-state index is 13.2. The van der Waals surface area contributed by atoms with E-state index in [1.165, 1.54) is 18.6 Å². The molecule has 33 heavy (non-hydrogen) atoms. The number of benzene rings is 1. The third-order valence-corrected chi connectivity index (χ3v) is 5.66. The van der Waals surface area contributed by atoms with Crippen LogP contribution in [0.1, 0.15) is 63.2 Å². The van der Waals surface area contributed by atoms with Crippen molar-refractivity contribution in [2.75, 3.05) is 13.7 Å². The Morgan fingerprint density at radius 3 is 2.67 bits per heavy atom. The Labute approximate surface area is 192 Å². The highest BCUT2D eigenvalue weighted by molar-refractivity contribution is 5.96. The van der Waals surface area contributed by atoms with Crippen LogP contribution in [0.3, 0.4) is 0 Å². The van der Waals surface area contributed by atoms with E-state index in [1.807, 2.05) is 24.3 Å². The van der Waals surface area contributed by atoms with Crippen LogP contribution < -0.4 is 10.1 Å². The van der Waals surface area contributed by atoms with Crippen LogP contribution in [-0.2, 0) is 6.54 Å². The van der Waals surface area contributed by atoms with Crippen molar-refractivity contribution in [1.82, 2.24) is 30.2 Å². The molecule has 1 N–H and O–H groups in total. The first-order valence-electron chi connectivity index (χ1n) is 10.9. The summed E-state index contributed by atoms with van der Waals surface area (Å²) in [6, 6.07) is 7.15. The lowest BCUT2D eigenvalue weighted by Gasteiger charge is -2.35. The summed E-state index contributed by atoms with van der Waals surface area (Å²) in [6.07, 6.45) is 8.56. The number of hydrogen-bond acceptors (Lipinski definition) is 7. The summed E-state index contributed by atoms with van der Waals surface area (Å²) < 4.78 is 5.18. The molecule has 0 spiro atoms. The molecule has 2 amide bonds. The lowest BCUT2D eigenvalue weighted by molar-refractivity contribution is 0.0595. The summed E-state index contributed by atoms with van der Waals surface area (Å²) >= 11 is 0. The molecule has 0 radical (unpaired) electrons. The number of amides is 2. The second kappa shape index (κ2) is 10.2. The van der Waals surface area contributed by atoms with Gasteiger partial charge in [0.1, 0.15) is 17.3 Å². The first-order valence-corrected chi connectivity index (χ1v) is 10.9. The largest absolute Gasteiger partial charge is 0.497 e. The van der Waals surface area contributed by atoms with E-state index in [4.69, 9.17) is 4.74 Å². The summed E-state index contributed by atoms with van der Waals surface area (Å²) in [6.45, 7) is 2.69. The molecule has 0 bridgehead atoms. The fourth-order valence-corrected chi connectivity index (χ4v) is 3.95. The molecule has 1 saturated heterocycles. The van der Waals surface area contributed by atoms with Gasteiger partial charge in [0.2, 0.25) is 0 Å². The van der Waals surface area contributed by atoms with Gasteiger partial charge in [-0.15, -0.1) is 0 Å². The normalized spacial score (nSPS) is 15.7. The number of hydrogen-bond donors (Lipinski definition) is 1. The molecule has 0 saturated carbocycles. The zero-order chi connectivity index (χ0) is 23.2. The molecule has 1 aliphatic rings. The number of ether oxygens (including phenoxy) is 1. The first kappa shape index (κ1) is 22.3. The zero-order valence-electron chi connectivity index (χ0n) is 18.7. The average Bonchev–Trinajstić information content (AvgIpc) is 2.87. The molecular weight excluding hydrogens is 420 g/mol. The van der Waals surface area contributed by atoms with E-state index in [0.29, 0.717) is 36.6 Å². The molecular formula is C24H26N6O3. The lowest BCUT2D eigenvalue weighted by Crippen LogP contribution is -2.40. The standard InChI is InChI=1S/C24H26N6O3/c1-16-27-14-19(23(31)28-13-17-6-8-18(33-2)9-7-17)22(29-16)21-5-3-4-12-30(21)24(32)20-15-25-10-11-26-20/h6-11,14-15,21H,3-5,12-13H2,1-2H3,(H,28,31)/t21-/m0/s1. The molecule has 3 heterocycles. The topological polar surface area (TPSA) is 110 Å². The molecule has 0 unspecified atom stereocenters. The molecule has 9 nitrogen and oxygen atoms in total. The van der Waals surface area contributed by atoms with E-state index in [1.54, 1.807) is 25.1 Å². The predicted molar refractivity (Wildman–Crippen MR) is 121 cm³/mol. The van der Waals surface area contributed by atoms with Gasteiger partial charge in [-0.05, 0) is 43.9 Å². The van der Waals surface area contributed by atoms with Crippen molar-refractivity contribution >= 4 is 11.8 Å². The van der Waals surface area contributed by atoms with E-state index >= 15 is 0 Å². The lowest BCUT2D eigenvalue weighted by atomic mass is 9.95. The fraction of sp³-hybridized carbons (Fsp3) is 0.333. The van der Waals surface area contributed by atoms with Crippen LogP contribution in [0.2, 0.25) is 0 Å². The van der Waals surface area contributed by atoms with Crippen molar-refractivity contribution < 1.29 is 14.3 Å². The number of rotatable bonds is 6. The van der Waals surface area contributed by atoms with Crippen LogP contribution in [0.4, 0.5) is 0 Å². The van der Waals surface area contributed by atoms with Gasteiger partial charge in [-0.2, -0.15) is 0 Å². The summed E-state index contributed by atoms with van der Waals surface area (Å²) in [7, 11) is 1.61. The molecule has 9 heteroatoms. The van der Waals surface area contributed by atoms with Crippen molar-refractivity contribution in [3.63, 3.8) is 0 Å². The Bertz CT molecular complexity index is 1120. The number of nitrogens with one attached hydrogen (secondary N) is 1. The van der Waals surface area contributed by atoms with Gasteiger partial charge in [0, 0.05) is 31.7 Å². The molecule has 4 rings (SSSR count). The number of nitrogens with zero attached hydrogens (tertiary/aromatic N) is 5. The number of likely N-dealkylation sites (tertiary alicyclic amines) is 1. The minimum absolute atomic E-state index is 0.214. The smallest absolute Gasteiger partial charge is 0.274 e. The van der Waals surface area contributed by atoms with Crippen molar-refractivity contribution in [1.29, 1.82) is 0 Å². The highest BCUT2D eigenvalue weighted by Gasteiger charge is 2.33. The van der Waals surface area contributed by atoms with Gasteiger partial charge in [-0.1, -0.05) is 12.1 Å². The van der Waals surface area contributed by atoms with Gasteiger partial charge in [0.25, 0.3) is 11.8 Å². The van der Waals surface area contributed by atoms with Crippen LogP contribution >= 0.6 is 0 Å². The van der Waals surface area contributed by atoms with Gasteiger partial charge in [0.15, 0.2) is 0 Å². The van der Waals surface area contributed by atoms with Gasteiger partial charge >= 0.3 is 0 Å². The average molecular weight is 447 g/mol. The van der Waals surface area contributed by atoms with Crippen LogP contribution in [0, 0.1) is 6.92 Å². The fourth-order valence-electron chi connectivity index (χ4n) is 3.95. The predicted octanol–water partition coefficient (Wildman–Crippen LogP) is 2.88. The van der Waals surface area contributed by atoms with Gasteiger partial charge in [-0.25, -0.2) is 15.0 Å². The quantitative estimate of drug-likeness (QED) is 0.620. The molecule has 0 aliphatic carbocycles. The van der Waals surface area contributed by atoms with Crippen molar-refractivity contribution in [2.24, 2.45) is 0 Å².